The van der Waals surface area contributed by atoms with Crippen LogP contribution < -0.4 is 0 Å². The van der Waals surface area contributed by atoms with Gasteiger partial charge in [-0.25, -0.2) is 4.39 Å². The van der Waals surface area contributed by atoms with Crippen molar-refractivity contribution in [1.82, 2.24) is 9.88 Å². The highest BCUT2D eigenvalue weighted by Gasteiger charge is 2.29. The number of aromatic amines is 1. The van der Waals surface area contributed by atoms with Crippen LogP contribution in [0, 0.1) is 5.82 Å². The number of halogens is 1. The molecule has 0 fully saturated rings. The van der Waals surface area contributed by atoms with Crippen LogP contribution >= 0.6 is 0 Å². The number of rotatable bonds is 2. The molecule has 1 aromatic heterocycles. The van der Waals surface area contributed by atoms with Gasteiger partial charge in [-0.15, -0.1) is 0 Å². The molecule has 1 atom stereocenters. The van der Waals surface area contributed by atoms with Crippen molar-refractivity contribution in [2.45, 2.75) is 18.9 Å². The number of hydrogen-bond donors (Lipinski definition) is 1. The van der Waals surface area contributed by atoms with Crippen molar-refractivity contribution >= 4 is 16.8 Å². The van der Waals surface area contributed by atoms with Gasteiger partial charge in [0.1, 0.15) is 11.5 Å². The Kier molecular flexibility index (Phi) is 3.18. The predicted molar refractivity (Wildman–Crippen MR) is 87.9 cm³/mol. The molecule has 1 heterocycles. The highest BCUT2D eigenvalue weighted by atomic mass is 19.1. The number of amides is 1. The van der Waals surface area contributed by atoms with Crippen LogP contribution in [0.5, 0.6) is 0 Å². The summed E-state index contributed by atoms with van der Waals surface area (Å²) in [5.41, 5.74) is 3.81. The Morgan fingerprint density at radius 1 is 1.22 bits per heavy atom. The van der Waals surface area contributed by atoms with Crippen LogP contribution in [-0.4, -0.2) is 22.8 Å². The lowest BCUT2D eigenvalue weighted by Gasteiger charge is -2.25. The van der Waals surface area contributed by atoms with Crippen LogP contribution in [-0.2, 0) is 6.42 Å². The maximum Gasteiger partial charge on any atom is 0.270 e. The quantitative estimate of drug-likeness (QED) is 0.761. The van der Waals surface area contributed by atoms with Gasteiger partial charge in [0.2, 0.25) is 0 Å². The van der Waals surface area contributed by atoms with E-state index in [1.165, 1.54) is 23.3 Å². The summed E-state index contributed by atoms with van der Waals surface area (Å²) in [6, 6.07) is 14.6. The third-order valence-electron chi connectivity index (χ3n) is 4.70. The number of aromatic nitrogens is 1. The molecule has 0 saturated heterocycles. The topological polar surface area (TPSA) is 36.1 Å². The minimum Gasteiger partial charge on any atom is -0.351 e. The van der Waals surface area contributed by atoms with E-state index < -0.39 is 0 Å². The Bertz CT molecular complexity index is 899. The zero-order valence-corrected chi connectivity index (χ0v) is 12.8. The summed E-state index contributed by atoms with van der Waals surface area (Å²) in [5, 5.41) is 0.716. The Labute approximate surface area is 133 Å². The van der Waals surface area contributed by atoms with Crippen LogP contribution in [0.25, 0.3) is 10.9 Å². The van der Waals surface area contributed by atoms with Gasteiger partial charge in [0, 0.05) is 18.0 Å². The van der Waals surface area contributed by atoms with E-state index in [-0.39, 0.29) is 17.8 Å². The lowest BCUT2D eigenvalue weighted by atomic mass is 10.1. The first kappa shape index (κ1) is 14.0. The molecule has 116 valence electrons. The minimum absolute atomic E-state index is 0.0664. The Morgan fingerprint density at radius 3 is 2.91 bits per heavy atom. The van der Waals surface area contributed by atoms with Gasteiger partial charge in [0.25, 0.3) is 5.91 Å². The van der Waals surface area contributed by atoms with Gasteiger partial charge in [-0.2, -0.15) is 0 Å². The number of H-pyrrole nitrogens is 1. The molecule has 0 aliphatic heterocycles. The third kappa shape index (κ3) is 2.31. The summed E-state index contributed by atoms with van der Waals surface area (Å²) in [4.78, 5) is 17.7. The fourth-order valence-corrected chi connectivity index (χ4v) is 3.49. The van der Waals surface area contributed by atoms with Crippen LogP contribution in [0.3, 0.4) is 0 Å². The fraction of sp³-hybridized carbons (Fsp3) is 0.211. The second kappa shape index (κ2) is 5.23. The largest absolute Gasteiger partial charge is 0.351 e. The smallest absolute Gasteiger partial charge is 0.270 e. The molecule has 3 aromatic rings. The summed E-state index contributed by atoms with van der Waals surface area (Å²) in [5.74, 6) is -0.364. The number of aryl methyl sites for hydroxylation is 1. The Balaban J connectivity index is 1.65. The molecule has 4 rings (SSSR count). The maximum absolute atomic E-state index is 13.3. The molecule has 0 spiro atoms. The summed E-state index contributed by atoms with van der Waals surface area (Å²) in [6.07, 6.45) is 1.94. The normalized spacial score (nSPS) is 16.5. The molecule has 3 nitrogen and oxygen atoms in total. The number of carbonyl (C=O) groups is 1. The minimum atomic E-state index is -0.298. The lowest BCUT2D eigenvalue weighted by Crippen LogP contribution is -2.30. The van der Waals surface area contributed by atoms with E-state index in [0.29, 0.717) is 11.1 Å². The van der Waals surface area contributed by atoms with Gasteiger partial charge < -0.3 is 9.88 Å². The van der Waals surface area contributed by atoms with Crippen LogP contribution in [0.15, 0.2) is 48.5 Å². The fourth-order valence-electron chi connectivity index (χ4n) is 3.49. The molecule has 0 radical (unpaired) electrons. The zero-order valence-electron chi connectivity index (χ0n) is 12.8. The molecule has 23 heavy (non-hydrogen) atoms. The van der Waals surface area contributed by atoms with Gasteiger partial charge in [-0.3, -0.25) is 4.79 Å². The number of nitrogens with zero attached hydrogens (tertiary/aromatic N) is 1. The molecular weight excluding hydrogens is 291 g/mol. The highest BCUT2D eigenvalue weighted by Crippen LogP contribution is 2.35. The average molecular weight is 308 g/mol. The molecule has 1 amide bonds. The van der Waals surface area contributed by atoms with Crippen LogP contribution in [0.2, 0.25) is 0 Å². The summed E-state index contributed by atoms with van der Waals surface area (Å²) in [6.45, 7) is 0. The predicted octanol–water partition coefficient (Wildman–Crippen LogP) is 4.07. The molecule has 0 saturated carbocycles. The molecule has 0 bridgehead atoms. The van der Waals surface area contributed by atoms with Crippen molar-refractivity contribution in [2.24, 2.45) is 0 Å². The number of hydrogen-bond acceptors (Lipinski definition) is 1. The molecule has 2 aromatic carbocycles. The maximum atomic E-state index is 13.3. The van der Waals surface area contributed by atoms with Crippen molar-refractivity contribution in [1.29, 1.82) is 0 Å². The second-order valence-electron chi connectivity index (χ2n) is 6.08. The summed E-state index contributed by atoms with van der Waals surface area (Å²) in [7, 11) is 1.83. The molecule has 1 aliphatic rings. The first-order valence-electron chi connectivity index (χ1n) is 7.77. The van der Waals surface area contributed by atoms with Crippen molar-refractivity contribution in [2.75, 3.05) is 7.05 Å². The summed E-state index contributed by atoms with van der Waals surface area (Å²) >= 11 is 0. The van der Waals surface area contributed by atoms with E-state index >= 15 is 0 Å². The van der Waals surface area contributed by atoms with Crippen molar-refractivity contribution in [3.63, 3.8) is 0 Å². The SMILES string of the molecule is CN(C(=O)c1cc2cc(F)ccc2[nH]1)C1CCc2ccccc21. The van der Waals surface area contributed by atoms with E-state index in [9.17, 15) is 9.18 Å². The number of benzene rings is 2. The number of fused-ring (bicyclic) bond motifs is 2. The Morgan fingerprint density at radius 2 is 2.04 bits per heavy atom. The molecule has 1 aliphatic carbocycles. The molecule has 1 unspecified atom stereocenters. The lowest BCUT2D eigenvalue weighted by molar-refractivity contribution is 0.0725. The van der Waals surface area contributed by atoms with Gasteiger partial charge in [-0.05, 0) is 48.2 Å². The van der Waals surface area contributed by atoms with E-state index in [1.54, 1.807) is 17.0 Å². The number of nitrogens with one attached hydrogen (secondary N) is 1. The van der Waals surface area contributed by atoms with E-state index in [4.69, 9.17) is 0 Å². The van der Waals surface area contributed by atoms with Crippen LogP contribution in [0.1, 0.15) is 34.1 Å². The zero-order chi connectivity index (χ0) is 16.0. The van der Waals surface area contributed by atoms with Crippen molar-refractivity contribution in [3.05, 3.63) is 71.2 Å². The standard InChI is InChI=1S/C19H17FN2O/c1-22(18-9-6-12-4-2-3-5-15(12)18)19(23)17-11-13-10-14(20)7-8-16(13)21-17/h2-5,7-8,10-11,18,21H,6,9H2,1H3. The number of carbonyl (C=O) groups excluding carboxylic acids is 1. The van der Waals surface area contributed by atoms with E-state index in [2.05, 4.69) is 17.1 Å². The first-order chi connectivity index (χ1) is 11.1. The van der Waals surface area contributed by atoms with E-state index in [0.717, 1.165) is 18.4 Å². The van der Waals surface area contributed by atoms with Gasteiger partial charge >= 0.3 is 0 Å². The third-order valence-corrected chi connectivity index (χ3v) is 4.70. The second-order valence-corrected chi connectivity index (χ2v) is 6.08. The molecule has 4 heteroatoms. The Hall–Kier alpha value is -2.62. The summed E-state index contributed by atoms with van der Waals surface area (Å²) < 4.78 is 13.3. The highest BCUT2D eigenvalue weighted by molar-refractivity contribution is 5.98. The molecular formula is C19H17FN2O. The van der Waals surface area contributed by atoms with Crippen molar-refractivity contribution in [3.8, 4) is 0 Å². The molecule has 1 N–H and O–H groups in total. The van der Waals surface area contributed by atoms with Gasteiger partial charge in [-0.1, -0.05) is 24.3 Å². The van der Waals surface area contributed by atoms with Crippen molar-refractivity contribution < 1.29 is 9.18 Å². The monoisotopic (exact) mass is 308 g/mol. The van der Waals surface area contributed by atoms with Gasteiger partial charge in [0.05, 0.1) is 6.04 Å². The first-order valence-corrected chi connectivity index (χ1v) is 7.77. The van der Waals surface area contributed by atoms with E-state index in [1.807, 2.05) is 19.2 Å². The average Bonchev–Trinajstić information content (AvgIpc) is 3.16. The van der Waals surface area contributed by atoms with Gasteiger partial charge in [0.15, 0.2) is 0 Å². The van der Waals surface area contributed by atoms with Crippen LogP contribution in [0.4, 0.5) is 4.39 Å².